The molecule has 0 saturated carbocycles. The Balaban J connectivity index is 1.35. The second kappa shape index (κ2) is 10.9. The van der Waals surface area contributed by atoms with E-state index >= 15 is 0 Å². The summed E-state index contributed by atoms with van der Waals surface area (Å²) in [5.74, 6) is 4.58. The zero-order valence-electron chi connectivity index (χ0n) is 18.9. The first-order chi connectivity index (χ1) is 16.1. The maximum atomic E-state index is 13.5. The molecule has 33 heavy (non-hydrogen) atoms. The standard InChI is InChI=1S/C30H27F2N/c1-2-3-4-5-25-14-17-28(33-21-25)16-13-23-8-6-22(7-9-23)10-11-24-12-15-26-19-29(31)30(32)20-27(26)18-24/h6-9,12,14-15,17-21H,2-5,13,16H2,1H3. The maximum Gasteiger partial charge on any atom is 0.159 e. The van der Waals surface area contributed by atoms with Gasteiger partial charge in [-0.05, 0) is 90.0 Å². The molecule has 0 bridgehead atoms. The summed E-state index contributed by atoms with van der Waals surface area (Å²) in [7, 11) is 0. The lowest BCUT2D eigenvalue weighted by atomic mass is 10.0. The van der Waals surface area contributed by atoms with Gasteiger partial charge in [0.05, 0.1) is 0 Å². The molecule has 0 amide bonds. The summed E-state index contributed by atoms with van der Waals surface area (Å²) in [4.78, 5) is 4.62. The summed E-state index contributed by atoms with van der Waals surface area (Å²) in [6, 6.07) is 20.4. The Hall–Kier alpha value is -3.51. The van der Waals surface area contributed by atoms with Gasteiger partial charge in [-0.15, -0.1) is 0 Å². The molecular formula is C30H27F2N. The van der Waals surface area contributed by atoms with Crippen LogP contribution in [0.5, 0.6) is 0 Å². The summed E-state index contributed by atoms with van der Waals surface area (Å²) in [5, 5.41) is 1.29. The van der Waals surface area contributed by atoms with Crippen molar-refractivity contribution in [1.29, 1.82) is 0 Å². The highest BCUT2D eigenvalue weighted by molar-refractivity contribution is 5.84. The average molecular weight is 440 g/mol. The van der Waals surface area contributed by atoms with Crippen molar-refractivity contribution in [3.8, 4) is 11.8 Å². The topological polar surface area (TPSA) is 12.9 Å². The van der Waals surface area contributed by atoms with E-state index in [0.29, 0.717) is 10.8 Å². The van der Waals surface area contributed by atoms with E-state index in [1.165, 1.54) is 42.5 Å². The SMILES string of the molecule is CCCCCc1ccc(CCc2ccc(C#Cc3ccc4cc(F)c(F)cc4c3)cc2)nc1. The van der Waals surface area contributed by atoms with E-state index in [0.717, 1.165) is 36.1 Å². The number of halogens is 2. The normalized spacial score (nSPS) is 10.8. The molecule has 0 aliphatic carbocycles. The smallest absolute Gasteiger partial charge is 0.159 e. The number of rotatable bonds is 7. The van der Waals surface area contributed by atoms with E-state index in [1.54, 1.807) is 12.1 Å². The van der Waals surface area contributed by atoms with Crippen LogP contribution in [-0.2, 0) is 19.3 Å². The Labute approximate surface area is 194 Å². The van der Waals surface area contributed by atoms with Gasteiger partial charge < -0.3 is 0 Å². The number of aryl methyl sites for hydroxylation is 3. The van der Waals surface area contributed by atoms with Gasteiger partial charge in [-0.1, -0.05) is 55.9 Å². The van der Waals surface area contributed by atoms with E-state index < -0.39 is 11.6 Å². The van der Waals surface area contributed by atoms with Crippen molar-refractivity contribution in [2.24, 2.45) is 0 Å². The van der Waals surface area contributed by atoms with Gasteiger partial charge in [0.15, 0.2) is 11.6 Å². The van der Waals surface area contributed by atoms with Gasteiger partial charge in [-0.2, -0.15) is 0 Å². The van der Waals surface area contributed by atoms with Crippen LogP contribution in [0.25, 0.3) is 10.8 Å². The Kier molecular flexibility index (Phi) is 7.47. The Bertz CT molecular complexity index is 1280. The summed E-state index contributed by atoms with van der Waals surface area (Å²) < 4.78 is 26.9. The molecule has 0 spiro atoms. The van der Waals surface area contributed by atoms with Crippen LogP contribution in [0, 0.1) is 23.5 Å². The molecule has 166 valence electrons. The van der Waals surface area contributed by atoms with E-state index in [1.807, 2.05) is 24.4 Å². The third kappa shape index (κ3) is 6.26. The Morgan fingerprint density at radius 3 is 2.09 bits per heavy atom. The van der Waals surface area contributed by atoms with Crippen molar-refractivity contribution < 1.29 is 8.78 Å². The molecule has 0 radical (unpaired) electrons. The maximum absolute atomic E-state index is 13.5. The van der Waals surface area contributed by atoms with Gasteiger partial charge in [-0.25, -0.2) is 8.78 Å². The predicted molar refractivity (Wildman–Crippen MR) is 131 cm³/mol. The zero-order chi connectivity index (χ0) is 23.0. The van der Waals surface area contributed by atoms with Gasteiger partial charge >= 0.3 is 0 Å². The summed E-state index contributed by atoms with van der Waals surface area (Å²) in [6.45, 7) is 2.22. The lowest BCUT2D eigenvalue weighted by Crippen LogP contribution is -1.96. The number of unbranched alkanes of at least 4 members (excludes halogenated alkanes) is 2. The second-order valence-electron chi connectivity index (χ2n) is 8.39. The third-order valence-corrected chi connectivity index (χ3v) is 5.81. The summed E-state index contributed by atoms with van der Waals surface area (Å²) in [5.41, 5.74) is 5.36. The van der Waals surface area contributed by atoms with E-state index in [9.17, 15) is 8.78 Å². The highest BCUT2D eigenvalue weighted by Crippen LogP contribution is 2.20. The first-order valence-electron chi connectivity index (χ1n) is 11.5. The van der Waals surface area contributed by atoms with Crippen LogP contribution < -0.4 is 0 Å². The monoisotopic (exact) mass is 439 g/mol. The first-order valence-corrected chi connectivity index (χ1v) is 11.5. The number of fused-ring (bicyclic) bond motifs is 1. The van der Waals surface area contributed by atoms with Gasteiger partial charge in [0, 0.05) is 23.0 Å². The van der Waals surface area contributed by atoms with Crippen molar-refractivity contribution in [2.45, 2.75) is 45.4 Å². The summed E-state index contributed by atoms with van der Waals surface area (Å²) in [6.07, 6.45) is 8.71. The fourth-order valence-electron chi connectivity index (χ4n) is 3.82. The number of benzene rings is 3. The van der Waals surface area contributed by atoms with Crippen molar-refractivity contribution in [3.63, 3.8) is 0 Å². The van der Waals surface area contributed by atoms with Crippen LogP contribution in [0.15, 0.2) is 72.9 Å². The van der Waals surface area contributed by atoms with Crippen molar-refractivity contribution in [3.05, 3.63) is 113 Å². The van der Waals surface area contributed by atoms with Crippen LogP contribution in [0.3, 0.4) is 0 Å². The Morgan fingerprint density at radius 2 is 1.36 bits per heavy atom. The average Bonchev–Trinajstić information content (AvgIpc) is 2.84. The molecule has 0 atom stereocenters. The number of aromatic nitrogens is 1. The van der Waals surface area contributed by atoms with Gasteiger partial charge in [0.25, 0.3) is 0 Å². The van der Waals surface area contributed by atoms with E-state index in [4.69, 9.17) is 0 Å². The molecular weight excluding hydrogens is 412 g/mol. The largest absolute Gasteiger partial charge is 0.261 e. The van der Waals surface area contributed by atoms with Gasteiger partial charge in [0.1, 0.15) is 0 Å². The van der Waals surface area contributed by atoms with E-state index in [-0.39, 0.29) is 0 Å². The molecule has 0 aliphatic heterocycles. The van der Waals surface area contributed by atoms with E-state index in [2.05, 4.69) is 48.0 Å². The molecule has 0 saturated heterocycles. The molecule has 1 aromatic heterocycles. The molecule has 1 heterocycles. The fourth-order valence-corrected chi connectivity index (χ4v) is 3.82. The molecule has 3 heteroatoms. The summed E-state index contributed by atoms with van der Waals surface area (Å²) >= 11 is 0. The van der Waals surface area contributed by atoms with Crippen LogP contribution in [0.4, 0.5) is 8.78 Å². The predicted octanol–water partition coefficient (Wildman–Crippen LogP) is 7.43. The number of hydrogen-bond acceptors (Lipinski definition) is 1. The number of nitrogens with zero attached hydrogens (tertiary/aromatic N) is 1. The molecule has 4 aromatic rings. The molecule has 0 unspecified atom stereocenters. The minimum atomic E-state index is -0.846. The second-order valence-corrected chi connectivity index (χ2v) is 8.39. The third-order valence-electron chi connectivity index (χ3n) is 5.81. The minimum Gasteiger partial charge on any atom is -0.261 e. The van der Waals surface area contributed by atoms with Crippen molar-refractivity contribution >= 4 is 10.8 Å². The number of hydrogen-bond donors (Lipinski definition) is 0. The lowest BCUT2D eigenvalue weighted by molar-refractivity contribution is 0.511. The van der Waals surface area contributed by atoms with Crippen LogP contribution in [-0.4, -0.2) is 4.98 Å². The van der Waals surface area contributed by atoms with Crippen molar-refractivity contribution in [2.75, 3.05) is 0 Å². The molecule has 4 rings (SSSR count). The highest BCUT2D eigenvalue weighted by atomic mass is 19.2. The minimum absolute atomic E-state index is 0.638. The first kappa shape index (κ1) is 22.7. The van der Waals surface area contributed by atoms with Crippen LogP contribution in [0.2, 0.25) is 0 Å². The van der Waals surface area contributed by atoms with Crippen molar-refractivity contribution in [1.82, 2.24) is 4.98 Å². The van der Waals surface area contributed by atoms with Crippen LogP contribution >= 0.6 is 0 Å². The molecule has 0 fully saturated rings. The highest BCUT2D eigenvalue weighted by Gasteiger charge is 2.04. The molecule has 1 nitrogen and oxygen atoms in total. The lowest BCUT2D eigenvalue weighted by Gasteiger charge is -2.04. The van der Waals surface area contributed by atoms with Gasteiger partial charge in [-0.3, -0.25) is 4.98 Å². The molecule has 3 aromatic carbocycles. The molecule has 0 aliphatic rings. The quantitative estimate of drug-likeness (QED) is 0.215. The molecule has 0 N–H and O–H groups in total. The fraction of sp³-hybridized carbons (Fsp3) is 0.233. The zero-order valence-corrected chi connectivity index (χ0v) is 18.9. The Morgan fingerprint density at radius 1 is 0.667 bits per heavy atom. The number of pyridine rings is 1. The van der Waals surface area contributed by atoms with Gasteiger partial charge in [0.2, 0.25) is 0 Å². The van der Waals surface area contributed by atoms with Crippen LogP contribution in [0.1, 0.15) is 54.1 Å².